The van der Waals surface area contributed by atoms with Crippen molar-refractivity contribution in [1.82, 2.24) is 0 Å². The third-order valence-electron chi connectivity index (χ3n) is 9.02. The van der Waals surface area contributed by atoms with E-state index in [1.165, 1.54) is 58.2 Å². The molecule has 0 saturated carbocycles. The lowest BCUT2D eigenvalue weighted by Crippen LogP contribution is -2.36. The maximum absolute atomic E-state index is 5.79. The Balaban J connectivity index is 1.37. The van der Waals surface area contributed by atoms with E-state index >= 15 is 0 Å². The van der Waals surface area contributed by atoms with Crippen molar-refractivity contribution in [2.24, 2.45) is 0 Å². The van der Waals surface area contributed by atoms with Gasteiger partial charge in [-0.2, -0.15) is 0 Å². The fourth-order valence-electron chi connectivity index (χ4n) is 6.89. The molecule has 210 valence electrons. The number of anilines is 1. The maximum atomic E-state index is 5.79. The second-order valence-electron chi connectivity index (χ2n) is 11.1. The van der Waals surface area contributed by atoms with Gasteiger partial charge in [0.2, 0.25) is 0 Å². The van der Waals surface area contributed by atoms with E-state index in [4.69, 9.17) is 14.2 Å². The van der Waals surface area contributed by atoms with Gasteiger partial charge in [0.25, 0.3) is 0 Å². The van der Waals surface area contributed by atoms with E-state index in [0.29, 0.717) is 0 Å². The number of rotatable bonds is 5. The van der Waals surface area contributed by atoms with Gasteiger partial charge in [0, 0.05) is 39.0 Å². The predicted octanol–water partition coefficient (Wildman–Crippen LogP) is 8.68. The molecule has 0 bridgehead atoms. The molecule has 2 aliphatic rings. The molecule has 0 radical (unpaired) electrons. The summed E-state index contributed by atoms with van der Waals surface area (Å²) in [6.45, 7) is 3.44. The Hall–Kier alpha value is -3.84. The van der Waals surface area contributed by atoms with Gasteiger partial charge in [0.05, 0.1) is 32.1 Å². The monoisotopic (exact) mass is 589 g/mol. The van der Waals surface area contributed by atoms with Gasteiger partial charge in [-0.1, -0.05) is 54.6 Å². The lowest BCUT2D eigenvalue weighted by atomic mass is 9.66. The molecule has 42 heavy (non-hydrogen) atoms. The second-order valence-corrected chi connectivity index (χ2v) is 13.0. The number of allylic oxidation sites excluding steroid dienone is 1. The van der Waals surface area contributed by atoms with E-state index in [1.807, 2.05) is 22.7 Å². The summed E-state index contributed by atoms with van der Waals surface area (Å²) < 4.78 is 21.2. The largest absolute Gasteiger partial charge is 0.493 e. The minimum absolute atomic E-state index is 0.285. The highest BCUT2D eigenvalue weighted by atomic mass is 32.1. The van der Waals surface area contributed by atoms with Gasteiger partial charge in [-0.15, -0.1) is 22.7 Å². The predicted molar refractivity (Wildman–Crippen MR) is 177 cm³/mol. The number of ether oxygens (including phenoxy) is 3. The van der Waals surface area contributed by atoms with Gasteiger partial charge >= 0.3 is 0 Å². The molecule has 4 nitrogen and oxygen atoms in total. The van der Waals surface area contributed by atoms with Gasteiger partial charge in [-0.05, 0) is 75.2 Å². The minimum Gasteiger partial charge on any atom is -0.493 e. The zero-order valence-corrected chi connectivity index (χ0v) is 25.3. The third-order valence-corrected chi connectivity index (χ3v) is 11.3. The molecule has 3 heterocycles. The Morgan fingerprint density at radius 2 is 1.52 bits per heavy atom. The maximum Gasteiger partial charge on any atom is 0.161 e. The summed E-state index contributed by atoms with van der Waals surface area (Å²) in [6.07, 6.45) is 5.68. The lowest BCUT2D eigenvalue weighted by Gasteiger charge is -2.37. The van der Waals surface area contributed by atoms with Crippen LogP contribution in [0.3, 0.4) is 0 Å². The van der Waals surface area contributed by atoms with Crippen LogP contribution in [0.5, 0.6) is 11.5 Å². The van der Waals surface area contributed by atoms with Crippen LogP contribution in [0.25, 0.3) is 36.3 Å². The Kier molecular flexibility index (Phi) is 6.25. The normalized spacial score (nSPS) is 18.6. The first kappa shape index (κ1) is 25.8. The fraction of sp³-hybridized carbons (Fsp3) is 0.222. The Labute approximate surface area is 253 Å². The van der Waals surface area contributed by atoms with Crippen LogP contribution in [-0.4, -0.2) is 40.5 Å². The van der Waals surface area contributed by atoms with Gasteiger partial charge < -0.3 is 19.1 Å². The number of fused-ring (bicyclic) bond motifs is 8. The summed E-state index contributed by atoms with van der Waals surface area (Å²) in [6, 6.07) is 26.9. The van der Waals surface area contributed by atoms with Crippen LogP contribution in [0, 0.1) is 0 Å². The molecular formula is C36H31NO3S2. The summed E-state index contributed by atoms with van der Waals surface area (Å²) >= 11 is 3.75. The highest BCUT2D eigenvalue weighted by Crippen LogP contribution is 2.52. The molecule has 0 amide bonds. The number of methoxy groups -OCH3 is 2. The van der Waals surface area contributed by atoms with E-state index in [2.05, 4.69) is 95.2 Å². The number of nitrogens with zero attached hydrogens (tertiary/aromatic N) is 1. The van der Waals surface area contributed by atoms with Gasteiger partial charge in [0.15, 0.2) is 11.5 Å². The van der Waals surface area contributed by atoms with E-state index in [9.17, 15) is 0 Å². The van der Waals surface area contributed by atoms with Crippen LogP contribution in [0.1, 0.15) is 22.3 Å². The van der Waals surface area contributed by atoms with E-state index in [0.717, 1.165) is 44.2 Å². The van der Waals surface area contributed by atoms with Crippen LogP contribution < -0.4 is 14.4 Å². The third kappa shape index (κ3) is 3.89. The standard InChI is InChI=1S/C36H31NO3S2/c1-38-30-20-27-26-12-14-36(23-6-4-3-5-7-23,24-8-10-25(11-9-24)37-15-17-40-18-16-37)22-29(26)34-33(28(27)21-31(30)39-2)35-32(42-34)13-19-41-35/h3-14,19-21H,15-18,22H2,1-2H3. The van der Waals surface area contributed by atoms with Crippen molar-refractivity contribution < 1.29 is 14.2 Å². The van der Waals surface area contributed by atoms with Crippen molar-refractivity contribution in [3.63, 3.8) is 0 Å². The molecule has 4 aromatic carbocycles. The van der Waals surface area contributed by atoms with Crippen molar-refractivity contribution in [2.45, 2.75) is 11.8 Å². The Morgan fingerprint density at radius 3 is 2.26 bits per heavy atom. The SMILES string of the molecule is COc1cc2c3c(c4sc5ccsc5c4c2cc1OC)CC(c1ccccc1)(c1ccc(N2CCOCC2)cc1)C=C3. The Bertz CT molecular complexity index is 1970. The molecule has 1 aliphatic heterocycles. The highest BCUT2D eigenvalue weighted by molar-refractivity contribution is 7.32. The van der Waals surface area contributed by atoms with Crippen molar-refractivity contribution >= 4 is 64.7 Å². The quantitative estimate of drug-likeness (QED) is 0.201. The smallest absolute Gasteiger partial charge is 0.161 e. The van der Waals surface area contributed by atoms with Gasteiger partial charge in [-0.3, -0.25) is 0 Å². The van der Waals surface area contributed by atoms with Crippen LogP contribution in [0.4, 0.5) is 5.69 Å². The molecule has 2 aromatic heterocycles. The molecule has 1 fully saturated rings. The van der Waals surface area contributed by atoms with Crippen LogP contribution >= 0.6 is 22.7 Å². The minimum atomic E-state index is -0.285. The first-order valence-electron chi connectivity index (χ1n) is 14.4. The zero-order valence-electron chi connectivity index (χ0n) is 23.7. The summed E-state index contributed by atoms with van der Waals surface area (Å²) in [5, 5.41) is 5.97. The molecule has 0 N–H and O–H groups in total. The first-order chi connectivity index (χ1) is 20.7. The summed E-state index contributed by atoms with van der Waals surface area (Å²) in [5.41, 5.74) is 6.28. The number of hydrogen-bond donors (Lipinski definition) is 0. The van der Waals surface area contributed by atoms with Crippen LogP contribution in [0.2, 0.25) is 0 Å². The average Bonchev–Trinajstić information content (AvgIpc) is 3.67. The highest BCUT2D eigenvalue weighted by Gasteiger charge is 2.37. The fourth-order valence-corrected chi connectivity index (χ4v) is 9.34. The molecule has 1 unspecified atom stereocenters. The van der Waals surface area contributed by atoms with E-state index < -0.39 is 0 Å². The second kappa shape index (κ2) is 10.2. The van der Waals surface area contributed by atoms with E-state index in [1.54, 1.807) is 14.2 Å². The van der Waals surface area contributed by atoms with Gasteiger partial charge in [0.1, 0.15) is 0 Å². The summed E-state index contributed by atoms with van der Waals surface area (Å²) in [5.74, 6) is 1.53. The number of hydrogen-bond acceptors (Lipinski definition) is 6. The van der Waals surface area contributed by atoms with Crippen molar-refractivity contribution in [2.75, 3.05) is 45.4 Å². The molecule has 1 atom stereocenters. The van der Waals surface area contributed by atoms with Crippen molar-refractivity contribution in [3.8, 4) is 11.5 Å². The van der Waals surface area contributed by atoms with E-state index in [-0.39, 0.29) is 5.41 Å². The Morgan fingerprint density at radius 1 is 0.810 bits per heavy atom. The van der Waals surface area contributed by atoms with Crippen molar-refractivity contribution in [3.05, 3.63) is 107 Å². The molecule has 1 aliphatic carbocycles. The molecule has 8 rings (SSSR count). The molecular weight excluding hydrogens is 559 g/mol. The average molecular weight is 590 g/mol. The van der Waals surface area contributed by atoms with Crippen molar-refractivity contribution in [1.29, 1.82) is 0 Å². The topological polar surface area (TPSA) is 30.9 Å². The molecule has 6 heteroatoms. The number of benzene rings is 4. The van der Waals surface area contributed by atoms with Crippen LogP contribution in [-0.2, 0) is 16.6 Å². The molecule has 6 aromatic rings. The molecule has 0 spiro atoms. The molecule has 1 saturated heterocycles. The van der Waals surface area contributed by atoms with Gasteiger partial charge in [-0.25, -0.2) is 0 Å². The van der Waals surface area contributed by atoms with Crippen LogP contribution in [0.15, 0.2) is 84.3 Å². The summed E-state index contributed by atoms with van der Waals surface area (Å²) in [4.78, 5) is 2.42. The first-order valence-corrected chi connectivity index (χ1v) is 16.1. The zero-order chi connectivity index (χ0) is 28.3. The number of thiophene rings is 2. The lowest BCUT2D eigenvalue weighted by molar-refractivity contribution is 0.122. The summed E-state index contributed by atoms with van der Waals surface area (Å²) in [7, 11) is 3.43. The number of morpholine rings is 1.